The average Bonchev–Trinajstić information content (AvgIpc) is 2.43. The SMILES string of the molecule is CCCCOCCNC1CCc2cc(Br)ccc2C1. The zero-order valence-electron chi connectivity index (χ0n) is 11.8. The molecule has 0 bridgehead atoms. The molecule has 1 aliphatic rings. The number of fused-ring (bicyclic) bond motifs is 1. The second-order valence-electron chi connectivity index (χ2n) is 5.27. The lowest BCUT2D eigenvalue weighted by molar-refractivity contribution is 0.130. The molecule has 1 aliphatic carbocycles. The first-order valence-corrected chi connectivity index (χ1v) is 8.17. The Bertz CT molecular complexity index is 394. The lowest BCUT2D eigenvalue weighted by atomic mass is 9.88. The van der Waals surface area contributed by atoms with Gasteiger partial charge in [-0.15, -0.1) is 0 Å². The van der Waals surface area contributed by atoms with E-state index in [-0.39, 0.29) is 0 Å². The number of benzene rings is 1. The van der Waals surface area contributed by atoms with Crippen LogP contribution >= 0.6 is 15.9 Å². The van der Waals surface area contributed by atoms with Gasteiger partial charge < -0.3 is 10.1 Å². The Morgan fingerprint density at radius 2 is 2.21 bits per heavy atom. The van der Waals surface area contributed by atoms with Gasteiger partial charge in [0.1, 0.15) is 0 Å². The Morgan fingerprint density at radius 3 is 3.05 bits per heavy atom. The fraction of sp³-hybridized carbons (Fsp3) is 0.625. The third-order valence-corrected chi connectivity index (χ3v) is 4.21. The van der Waals surface area contributed by atoms with E-state index in [0.29, 0.717) is 6.04 Å². The summed E-state index contributed by atoms with van der Waals surface area (Å²) in [5.74, 6) is 0. The van der Waals surface area contributed by atoms with Crippen molar-refractivity contribution in [3.63, 3.8) is 0 Å². The second kappa shape index (κ2) is 8.03. The van der Waals surface area contributed by atoms with Gasteiger partial charge in [-0.2, -0.15) is 0 Å². The molecule has 3 heteroatoms. The van der Waals surface area contributed by atoms with Gasteiger partial charge in [0.15, 0.2) is 0 Å². The first-order valence-electron chi connectivity index (χ1n) is 7.38. The fourth-order valence-electron chi connectivity index (χ4n) is 2.58. The first kappa shape index (κ1) is 15.0. The van der Waals surface area contributed by atoms with Gasteiger partial charge in [-0.05, 0) is 48.9 Å². The number of nitrogens with one attached hydrogen (secondary N) is 1. The number of hydrogen-bond acceptors (Lipinski definition) is 2. The molecule has 0 heterocycles. The van der Waals surface area contributed by atoms with E-state index in [0.717, 1.165) is 26.2 Å². The summed E-state index contributed by atoms with van der Waals surface area (Å²) >= 11 is 3.55. The summed E-state index contributed by atoms with van der Waals surface area (Å²) < 4.78 is 6.78. The summed E-state index contributed by atoms with van der Waals surface area (Å²) in [5, 5.41) is 3.62. The van der Waals surface area contributed by atoms with E-state index in [2.05, 4.69) is 46.4 Å². The summed E-state index contributed by atoms with van der Waals surface area (Å²) in [6.45, 7) is 4.91. The normalized spacial score (nSPS) is 18.3. The van der Waals surface area contributed by atoms with Gasteiger partial charge in [-0.25, -0.2) is 0 Å². The monoisotopic (exact) mass is 325 g/mol. The van der Waals surface area contributed by atoms with Gasteiger partial charge in [0.25, 0.3) is 0 Å². The largest absolute Gasteiger partial charge is 0.380 e. The molecular formula is C16H24BrNO. The second-order valence-corrected chi connectivity index (χ2v) is 6.19. The molecule has 2 nitrogen and oxygen atoms in total. The van der Waals surface area contributed by atoms with Crippen LogP contribution in [0.1, 0.15) is 37.3 Å². The number of rotatable bonds is 7. The Balaban J connectivity index is 1.69. The summed E-state index contributed by atoms with van der Waals surface area (Å²) in [7, 11) is 0. The van der Waals surface area contributed by atoms with Crippen molar-refractivity contribution in [2.24, 2.45) is 0 Å². The maximum Gasteiger partial charge on any atom is 0.0591 e. The highest BCUT2D eigenvalue weighted by Gasteiger charge is 2.17. The summed E-state index contributed by atoms with van der Waals surface area (Å²) in [5.41, 5.74) is 3.01. The van der Waals surface area contributed by atoms with Crippen LogP contribution in [0, 0.1) is 0 Å². The van der Waals surface area contributed by atoms with Crippen LogP contribution < -0.4 is 5.32 Å². The zero-order chi connectivity index (χ0) is 13.5. The average molecular weight is 326 g/mol. The van der Waals surface area contributed by atoms with Crippen LogP contribution in [0.3, 0.4) is 0 Å². The molecule has 0 radical (unpaired) electrons. The Hall–Kier alpha value is -0.380. The molecule has 0 aliphatic heterocycles. The molecule has 1 unspecified atom stereocenters. The van der Waals surface area contributed by atoms with Gasteiger partial charge >= 0.3 is 0 Å². The molecule has 0 amide bonds. The smallest absolute Gasteiger partial charge is 0.0591 e. The third kappa shape index (κ3) is 4.90. The number of unbranched alkanes of at least 4 members (excludes halogenated alkanes) is 1. The van der Waals surface area contributed by atoms with Crippen molar-refractivity contribution in [2.75, 3.05) is 19.8 Å². The van der Waals surface area contributed by atoms with Crippen LogP contribution in [-0.4, -0.2) is 25.8 Å². The molecule has 0 saturated heterocycles. The Morgan fingerprint density at radius 1 is 1.32 bits per heavy atom. The lowest BCUT2D eigenvalue weighted by Gasteiger charge is -2.25. The van der Waals surface area contributed by atoms with Crippen molar-refractivity contribution in [1.82, 2.24) is 5.32 Å². The molecule has 1 aromatic carbocycles. The highest BCUT2D eigenvalue weighted by atomic mass is 79.9. The van der Waals surface area contributed by atoms with Crippen molar-refractivity contribution in [2.45, 2.75) is 45.1 Å². The lowest BCUT2D eigenvalue weighted by Crippen LogP contribution is -2.36. The number of aryl methyl sites for hydroxylation is 1. The van der Waals surface area contributed by atoms with Crippen molar-refractivity contribution in [3.05, 3.63) is 33.8 Å². The predicted molar refractivity (Wildman–Crippen MR) is 83.7 cm³/mol. The van der Waals surface area contributed by atoms with Gasteiger partial charge in [0.05, 0.1) is 6.61 Å². The van der Waals surface area contributed by atoms with Crippen LogP contribution in [0.25, 0.3) is 0 Å². The van der Waals surface area contributed by atoms with Gasteiger partial charge in [0.2, 0.25) is 0 Å². The molecule has 0 spiro atoms. The zero-order valence-corrected chi connectivity index (χ0v) is 13.3. The molecular weight excluding hydrogens is 302 g/mol. The van der Waals surface area contributed by atoms with E-state index in [1.165, 1.54) is 41.3 Å². The molecule has 1 aromatic rings. The van der Waals surface area contributed by atoms with Crippen LogP contribution in [0.15, 0.2) is 22.7 Å². The fourth-order valence-corrected chi connectivity index (χ4v) is 2.99. The van der Waals surface area contributed by atoms with E-state index >= 15 is 0 Å². The number of halogens is 1. The van der Waals surface area contributed by atoms with Crippen molar-refractivity contribution >= 4 is 15.9 Å². The van der Waals surface area contributed by atoms with Crippen LogP contribution in [-0.2, 0) is 17.6 Å². The molecule has 0 saturated carbocycles. The summed E-state index contributed by atoms with van der Waals surface area (Å²) in [6.07, 6.45) is 5.95. The quantitative estimate of drug-likeness (QED) is 0.771. The molecule has 1 N–H and O–H groups in total. The maximum atomic E-state index is 5.58. The molecule has 19 heavy (non-hydrogen) atoms. The minimum atomic E-state index is 0.614. The highest BCUT2D eigenvalue weighted by Crippen LogP contribution is 2.24. The third-order valence-electron chi connectivity index (χ3n) is 3.72. The van der Waals surface area contributed by atoms with Gasteiger partial charge in [0, 0.05) is 23.7 Å². The Labute approximate surface area is 125 Å². The van der Waals surface area contributed by atoms with E-state index in [1.54, 1.807) is 0 Å². The van der Waals surface area contributed by atoms with Crippen LogP contribution in [0.5, 0.6) is 0 Å². The Kier molecular flexibility index (Phi) is 6.35. The highest BCUT2D eigenvalue weighted by molar-refractivity contribution is 9.10. The molecule has 0 aromatic heterocycles. The number of hydrogen-bond donors (Lipinski definition) is 1. The molecule has 0 fully saturated rings. The van der Waals surface area contributed by atoms with E-state index in [4.69, 9.17) is 4.74 Å². The van der Waals surface area contributed by atoms with E-state index in [9.17, 15) is 0 Å². The van der Waals surface area contributed by atoms with E-state index < -0.39 is 0 Å². The standard InChI is InChI=1S/C16H24BrNO/c1-2-3-9-19-10-8-18-16-7-5-13-11-15(17)6-4-14(13)12-16/h4,6,11,16,18H,2-3,5,7-10,12H2,1H3. The van der Waals surface area contributed by atoms with Crippen molar-refractivity contribution in [3.8, 4) is 0 Å². The van der Waals surface area contributed by atoms with Crippen LogP contribution in [0.4, 0.5) is 0 Å². The first-order chi connectivity index (χ1) is 9.29. The van der Waals surface area contributed by atoms with E-state index in [1.807, 2.05) is 0 Å². The van der Waals surface area contributed by atoms with Gasteiger partial charge in [-0.1, -0.05) is 35.3 Å². The maximum absolute atomic E-state index is 5.58. The van der Waals surface area contributed by atoms with Crippen molar-refractivity contribution in [1.29, 1.82) is 0 Å². The predicted octanol–water partition coefficient (Wildman–Crippen LogP) is 3.71. The summed E-state index contributed by atoms with van der Waals surface area (Å²) in [6, 6.07) is 7.28. The molecule has 106 valence electrons. The minimum Gasteiger partial charge on any atom is -0.380 e. The molecule has 1 atom stereocenters. The topological polar surface area (TPSA) is 21.3 Å². The molecule has 2 rings (SSSR count). The minimum absolute atomic E-state index is 0.614. The van der Waals surface area contributed by atoms with Crippen LogP contribution in [0.2, 0.25) is 0 Å². The number of ether oxygens (including phenoxy) is 1. The van der Waals surface area contributed by atoms with Gasteiger partial charge in [-0.3, -0.25) is 0 Å². The summed E-state index contributed by atoms with van der Waals surface area (Å²) in [4.78, 5) is 0. The van der Waals surface area contributed by atoms with Crippen molar-refractivity contribution < 1.29 is 4.74 Å².